The molecule has 0 aliphatic rings. The Bertz CT molecular complexity index is 507. The molecule has 21 heavy (non-hydrogen) atoms. The number of aryl methyl sites for hydroxylation is 2. The van der Waals surface area contributed by atoms with Crippen LogP contribution in [0.4, 0.5) is 5.69 Å². The molecule has 1 aromatic rings. The van der Waals surface area contributed by atoms with E-state index in [0.717, 1.165) is 17.9 Å². The topological polar surface area (TPSA) is 64.4 Å². The number of nitrogens with zero attached hydrogens (tertiary/aromatic N) is 1. The van der Waals surface area contributed by atoms with Crippen molar-refractivity contribution >= 4 is 5.69 Å². The second-order valence-electron chi connectivity index (χ2n) is 6.71. The van der Waals surface area contributed by atoms with E-state index in [4.69, 9.17) is 4.74 Å². The quantitative estimate of drug-likeness (QED) is 0.643. The third kappa shape index (κ3) is 5.71. The monoisotopic (exact) mass is 294 g/mol. The van der Waals surface area contributed by atoms with E-state index in [0.29, 0.717) is 18.1 Å². The van der Waals surface area contributed by atoms with Crippen molar-refractivity contribution in [1.29, 1.82) is 0 Å². The summed E-state index contributed by atoms with van der Waals surface area (Å²) in [6.45, 7) is 13.5. The summed E-state index contributed by atoms with van der Waals surface area (Å²) in [6, 6.07) is 3.32. The Labute approximate surface area is 126 Å². The van der Waals surface area contributed by atoms with Gasteiger partial charge in [-0.1, -0.05) is 6.92 Å². The van der Waals surface area contributed by atoms with Crippen LogP contribution in [0.3, 0.4) is 0 Å². The van der Waals surface area contributed by atoms with Gasteiger partial charge in [0.1, 0.15) is 5.75 Å². The van der Waals surface area contributed by atoms with Crippen LogP contribution in [0, 0.1) is 29.9 Å². The minimum Gasteiger partial charge on any atom is -0.493 e. The molecule has 0 saturated heterocycles. The van der Waals surface area contributed by atoms with Gasteiger partial charge in [-0.3, -0.25) is 10.1 Å². The molecule has 1 N–H and O–H groups in total. The van der Waals surface area contributed by atoms with Crippen LogP contribution < -0.4 is 10.1 Å². The smallest absolute Gasteiger partial charge is 0.272 e. The average Bonchev–Trinajstić information content (AvgIpc) is 2.35. The van der Waals surface area contributed by atoms with Crippen LogP contribution in [-0.2, 0) is 0 Å². The van der Waals surface area contributed by atoms with Crippen molar-refractivity contribution in [3.63, 3.8) is 0 Å². The maximum absolute atomic E-state index is 10.9. The molecule has 1 aromatic carbocycles. The van der Waals surface area contributed by atoms with Crippen molar-refractivity contribution < 1.29 is 9.66 Å². The molecule has 0 spiro atoms. The average molecular weight is 294 g/mol. The lowest BCUT2D eigenvalue weighted by Gasteiger charge is -2.23. The lowest BCUT2D eigenvalue weighted by molar-refractivity contribution is -0.385. The van der Waals surface area contributed by atoms with E-state index in [1.54, 1.807) is 19.1 Å². The summed E-state index contributed by atoms with van der Waals surface area (Å²) >= 11 is 0. The molecule has 0 heterocycles. The number of nitrogens with one attached hydrogen (secondary N) is 1. The zero-order chi connectivity index (χ0) is 16.2. The number of nitro benzene ring substituents is 1. The first-order valence-electron chi connectivity index (χ1n) is 7.23. The standard InChI is InChI=1S/C16H26N2O3/c1-11(9-17-16(4,5)6)10-21-15-8-12(2)14(18(19)20)7-13(15)3/h7-8,11,17H,9-10H2,1-6H3. The molecule has 1 unspecified atom stereocenters. The van der Waals surface area contributed by atoms with Crippen molar-refractivity contribution in [2.75, 3.05) is 13.2 Å². The predicted octanol–water partition coefficient (Wildman–Crippen LogP) is 3.61. The minimum atomic E-state index is -0.359. The SMILES string of the molecule is Cc1cc([N+](=O)[O-])c(C)cc1OCC(C)CNC(C)(C)C. The second-order valence-corrected chi connectivity index (χ2v) is 6.71. The molecule has 0 aliphatic carbocycles. The molecule has 5 heteroatoms. The van der Waals surface area contributed by atoms with E-state index in [1.807, 2.05) is 6.92 Å². The molecule has 1 rings (SSSR count). The molecular weight excluding hydrogens is 268 g/mol. The van der Waals surface area contributed by atoms with Crippen LogP contribution in [0.15, 0.2) is 12.1 Å². The molecule has 118 valence electrons. The van der Waals surface area contributed by atoms with Crippen LogP contribution in [0.5, 0.6) is 5.75 Å². The highest BCUT2D eigenvalue weighted by molar-refractivity contribution is 5.49. The number of nitro groups is 1. The number of hydrogen-bond donors (Lipinski definition) is 1. The molecule has 0 aromatic heterocycles. The van der Waals surface area contributed by atoms with Crippen LogP contribution in [0.1, 0.15) is 38.8 Å². The van der Waals surface area contributed by atoms with Gasteiger partial charge in [0.15, 0.2) is 0 Å². The highest BCUT2D eigenvalue weighted by Gasteiger charge is 2.15. The van der Waals surface area contributed by atoms with Crippen LogP contribution in [-0.4, -0.2) is 23.6 Å². The zero-order valence-electron chi connectivity index (χ0n) is 13.8. The summed E-state index contributed by atoms with van der Waals surface area (Å²) in [5, 5.41) is 14.3. The maximum atomic E-state index is 10.9. The summed E-state index contributed by atoms with van der Waals surface area (Å²) in [6.07, 6.45) is 0. The van der Waals surface area contributed by atoms with Crippen molar-refractivity contribution in [2.45, 2.75) is 47.1 Å². The van der Waals surface area contributed by atoms with E-state index in [2.05, 4.69) is 33.0 Å². The summed E-state index contributed by atoms with van der Waals surface area (Å²) < 4.78 is 5.82. The van der Waals surface area contributed by atoms with Gasteiger partial charge in [0.25, 0.3) is 5.69 Å². The normalized spacial score (nSPS) is 13.0. The Morgan fingerprint density at radius 2 is 1.90 bits per heavy atom. The summed E-state index contributed by atoms with van der Waals surface area (Å²) in [5.41, 5.74) is 1.65. The summed E-state index contributed by atoms with van der Waals surface area (Å²) in [5.74, 6) is 1.08. The maximum Gasteiger partial charge on any atom is 0.272 e. The van der Waals surface area contributed by atoms with Gasteiger partial charge in [-0.2, -0.15) is 0 Å². The molecule has 0 saturated carbocycles. The molecule has 0 fully saturated rings. The number of hydrogen-bond acceptors (Lipinski definition) is 4. The van der Waals surface area contributed by atoms with Crippen molar-refractivity contribution in [2.24, 2.45) is 5.92 Å². The van der Waals surface area contributed by atoms with Gasteiger partial charge >= 0.3 is 0 Å². The highest BCUT2D eigenvalue weighted by Crippen LogP contribution is 2.27. The van der Waals surface area contributed by atoms with Gasteiger partial charge < -0.3 is 10.1 Å². The van der Waals surface area contributed by atoms with Crippen molar-refractivity contribution in [3.8, 4) is 5.75 Å². The molecule has 0 amide bonds. The van der Waals surface area contributed by atoms with Crippen LogP contribution in [0.2, 0.25) is 0 Å². The van der Waals surface area contributed by atoms with Gasteiger partial charge in [-0.05, 0) is 46.2 Å². The lowest BCUT2D eigenvalue weighted by atomic mass is 10.1. The Morgan fingerprint density at radius 1 is 1.29 bits per heavy atom. The van der Waals surface area contributed by atoms with Crippen molar-refractivity contribution in [1.82, 2.24) is 5.32 Å². The van der Waals surface area contributed by atoms with Crippen molar-refractivity contribution in [3.05, 3.63) is 33.4 Å². The number of rotatable bonds is 6. The fourth-order valence-corrected chi connectivity index (χ4v) is 1.90. The Kier molecular flexibility index (Phi) is 5.72. The van der Waals surface area contributed by atoms with Gasteiger partial charge in [0, 0.05) is 29.6 Å². The van der Waals surface area contributed by atoms with E-state index >= 15 is 0 Å². The molecule has 5 nitrogen and oxygen atoms in total. The largest absolute Gasteiger partial charge is 0.493 e. The zero-order valence-corrected chi connectivity index (χ0v) is 13.8. The third-order valence-electron chi connectivity index (χ3n) is 3.19. The fourth-order valence-electron chi connectivity index (χ4n) is 1.90. The van der Waals surface area contributed by atoms with Gasteiger partial charge in [-0.15, -0.1) is 0 Å². The molecule has 0 aliphatic heterocycles. The Morgan fingerprint density at radius 3 is 2.43 bits per heavy atom. The second kappa shape index (κ2) is 6.89. The van der Waals surface area contributed by atoms with Gasteiger partial charge in [0.2, 0.25) is 0 Å². The van der Waals surface area contributed by atoms with E-state index in [-0.39, 0.29) is 16.1 Å². The highest BCUT2D eigenvalue weighted by atomic mass is 16.6. The lowest BCUT2D eigenvalue weighted by Crippen LogP contribution is -2.39. The minimum absolute atomic E-state index is 0.0914. The number of benzene rings is 1. The molecule has 0 bridgehead atoms. The molecule has 0 radical (unpaired) electrons. The van der Waals surface area contributed by atoms with Gasteiger partial charge in [-0.25, -0.2) is 0 Å². The molecular formula is C16H26N2O3. The van der Waals surface area contributed by atoms with Crippen LogP contribution >= 0.6 is 0 Å². The third-order valence-corrected chi connectivity index (χ3v) is 3.19. The van der Waals surface area contributed by atoms with Gasteiger partial charge in [0.05, 0.1) is 11.5 Å². The number of ether oxygens (including phenoxy) is 1. The first-order chi connectivity index (χ1) is 9.60. The Balaban J connectivity index is 2.64. The van der Waals surface area contributed by atoms with E-state index in [9.17, 15) is 10.1 Å². The summed E-state index contributed by atoms with van der Waals surface area (Å²) in [7, 11) is 0. The first-order valence-corrected chi connectivity index (χ1v) is 7.23. The first kappa shape index (κ1) is 17.4. The summed E-state index contributed by atoms with van der Waals surface area (Å²) in [4.78, 5) is 10.5. The Hall–Kier alpha value is -1.62. The molecule has 1 atom stereocenters. The van der Waals surface area contributed by atoms with Crippen LogP contribution in [0.25, 0.3) is 0 Å². The predicted molar refractivity (Wildman–Crippen MR) is 85.0 cm³/mol. The fraction of sp³-hybridized carbons (Fsp3) is 0.625. The van der Waals surface area contributed by atoms with E-state index < -0.39 is 0 Å². The van der Waals surface area contributed by atoms with E-state index in [1.165, 1.54) is 0 Å².